The Balaban J connectivity index is 0.893. The summed E-state index contributed by atoms with van der Waals surface area (Å²) < 4.78 is 44.7. The first-order chi connectivity index (χ1) is 30.1. The molecule has 4 fully saturated rings. The van der Waals surface area contributed by atoms with Gasteiger partial charge in [0, 0.05) is 98.8 Å². The Morgan fingerprint density at radius 2 is 1.68 bits per heavy atom. The van der Waals surface area contributed by atoms with Gasteiger partial charge in [0.2, 0.25) is 11.8 Å². The van der Waals surface area contributed by atoms with Crippen molar-refractivity contribution in [2.45, 2.75) is 89.8 Å². The molecule has 0 aromatic heterocycles. The van der Waals surface area contributed by atoms with Crippen LogP contribution in [0.4, 0.5) is 10.1 Å². The summed E-state index contributed by atoms with van der Waals surface area (Å²) in [7, 11) is 3.20. The number of nitriles is 1. The minimum absolute atomic E-state index is 0.0740. The minimum atomic E-state index is -0.905. The highest BCUT2D eigenvalue weighted by Gasteiger charge is 2.64. The van der Waals surface area contributed by atoms with E-state index in [0.717, 1.165) is 18.5 Å². The van der Waals surface area contributed by atoms with E-state index in [2.05, 4.69) is 59.5 Å². The molecule has 2 aliphatic heterocycles. The van der Waals surface area contributed by atoms with Gasteiger partial charge in [-0.25, -0.2) is 4.39 Å². The number of imide groups is 1. The molecule has 2 saturated heterocycles. The van der Waals surface area contributed by atoms with Gasteiger partial charge in [0.1, 0.15) is 47.4 Å². The van der Waals surface area contributed by atoms with Crippen molar-refractivity contribution in [1.29, 1.82) is 5.26 Å². The fourth-order valence-electron chi connectivity index (χ4n) is 9.71. The van der Waals surface area contributed by atoms with Crippen LogP contribution >= 0.6 is 0 Å². The standard InChI is InChI=1S/C47H57FN6O9/c1-46(2)44(47(3,4)45(46)63-33-12-9-29(25-49)39(24-33)60-6)52-41(56)28-7-10-30(11-8-28)53-18-20-61-35(26-53)27-54(17-19-59-5)31-21-34(22-31)62-32-13-14-36(37(48)23-32)42(57)50-38-15-16-40(55)51-43(38)58/h7-14,23-24,31,34-35,38,44-45H,15-22,26-27H2,1-6H3,(H,50,57)(H,52,56)(H,51,55,58)/t31-,34-,35-,38-,44-,45+/m1/s1. The Morgan fingerprint density at radius 1 is 0.968 bits per heavy atom. The third kappa shape index (κ3) is 9.91. The van der Waals surface area contributed by atoms with E-state index >= 15 is 4.39 Å². The zero-order valence-electron chi connectivity index (χ0n) is 36.7. The second-order valence-electron chi connectivity index (χ2n) is 18.0. The van der Waals surface area contributed by atoms with Crippen LogP contribution in [0.5, 0.6) is 17.2 Å². The predicted molar refractivity (Wildman–Crippen MR) is 230 cm³/mol. The van der Waals surface area contributed by atoms with Crippen molar-refractivity contribution >= 4 is 29.3 Å². The number of carbonyl (C=O) groups is 4. The van der Waals surface area contributed by atoms with E-state index in [1.807, 2.05) is 24.3 Å². The maximum absolute atomic E-state index is 15.0. The SMILES string of the molecule is COCCN(C[C@H]1CN(c2ccc(C(=O)N[C@H]3C(C)(C)[C@@H](Oc4ccc(C#N)c(OC)c4)C3(C)C)cc2)CCO1)[C@H]1C[C@H](Oc2ccc(C(=O)N[C@@H]3CCC(=O)NC3=O)c(F)c2)C1. The first-order valence-electron chi connectivity index (χ1n) is 21.5. The van der Waals surface area contributed by atoms with Gasteiger partial charge < -0.3 is 39.2 Å². The largest absolute Gasteiger partial charge is 0.495 e. The lowest BCUT2D eigenvalue weighted by Gasteiger charge is -2.63. The van der Waals surface area contributed by atoms with Gasteiger partial charge >= 0.3 is 0 Å². The number of anilines is 1. The molecule has 2 saturated carbocycles. The van der Waals surface area contributed by atoms with E-state index in [4.69, 9.17) is 23.7 Å². The normalized spacial score (nSPS) is 24.8. The number of halogens is 1. The molecular weight excluding hydrogens is 812 g/mol. The van der Waals surface area contributed by atoms with Crippen LogP contribution in [0.1, 0.15) is 79.7 Å². The minimum Gasteiger partial charge on any atom is -0.495 e. The number of carbonyl (C=O) groups excluding carboxylic acids is 4. The summed E-state index contributed by atoms with van der Waals surface area (Å²) in [6.45, 7) is 12.2. The third-order valence-electron chi connectivity index (χ3n) is 12.9. The van der Waals surface area contributed by atoms with Crippen LogP contribution in [0.25, 0.3) is 0 Å². The molecule has 0 unspecified atom stereocenters. The number of hydrogen-bond donors (Lipinski definition) is 3. The Kier molecular flexibility index (Phi) is 13.6. The van der Waals surface area contributed by atoms with Gasteiger partial charge in [0.25, 0.3) is 11.8 Å². The van der Waals surface area contributed by atoms with Gasteiger partial charge in [-0.05, 0) is 55.0 Å². The van der Waals surface area contributed by atoms with E-state index in [0.29, 0.717) is 67.8 Å². The maximum atomic E-state index is 15.0. The zero-order valence-corrected chi connectivity index (χ0v) is 36.7. The van der Waals surface area contributed by atoms with Crippen LogP contribution in [0, 0.1) is 28.0 Å². The number of ether oxygens (including phenoxy) is 5. The summed E-state index contributed by atoms with van der Waals surface area (Å²) in [6, 6.07) is 18.2. The van der Waals surface area contributed by atoms with Crippen molar-refractivity contribution in [2.75, 3.05) is 58.5 Å². The Labute approximate surface area is 367 Å². The lowest BCUT2D eigenvalue weighted by molar-refractivity contribution is -0.164. The van der Waals surface area contributed by atoms with E-state index in [1.165, 1.54) is 19.2 Å². The summed E-state index contributed by atoms with van der Waals surface area (Å²) in [5.41, 5.74) is 1.02. The number of benzene rings is 3. The number of piperidine rings is 1. The number of methoxy groups -OCH3 is 2. The second-order valence-corrected chi connectivity index (χ2v) is 18.0. The number of morpholine rings is 1. The van der Waals surface area contributed by atoms with E-state index < -0.39 is 29.6 Å². The highest BCUT2D eigenvalue weighted by atomic mass is 19.1. The van der Waals surface area contributed by atoms with Crippen LogP contribution in [-0.2, 0) is 19.1 Å². The van der Waals surface area contributed by atoms with Crippen LogP contribution < -0.4 is 35.1 Å². The topological polar surface area (TPSA) is 181 Å². The molecule has 0 radical (unpaired) electrons. The Hall–Kier alpha value is -5.76. The summed E-state index contributed by atoms with van der Waals surface area (Å²) in [6.07, 6.45) is 1.27. The molecule has 4 amide bonds. The molecule has 3 N–H and O–H groups in total. The smallest absolute Gasteiger partial charge is 0.254 e. The molecule has 0 spiro atoms. The Morgan fingerprint density at radius 3 is 2.35 bits per heavy atom. The molecule has 336 valence electrons. The summed E-state index contributed by atoms with van der Waals surface area (Å²) >= 11 is 0. The molecule has 63 heavy (non-hydrogen) atoms. The van der Waals surface area contributed by atoms with Gasteiger partial charge in [-0.15, -0.1) is 0 Å². The molecule has 2 aliphatic carbocycles. The molecule has 2 heterocycles. The molecule has 3 aromatic carbocycles. The van der Waals surface area contributed by atoms with E-state index in [1.54, 1.807) is 31.4 Å². The van der Waals surface area contributed by atoms with Gasteiger partial charge in [-0.1, -0.05) is 27.7 Å². The van der Waals surface area contributed by atoms with Crippen molar-refractivity contribution < 1.29 is 47.3 Å². The Bertz CT molecular complexity index is 2210. The van der Waals surface area contributed by atoms with E-state index in [-0.39, 0.29) is 65.5 Å². The lowest BCUT2D eigenvalue weighted by Crippen LogP contribution is -2.74. The van der Waals surface area contributed by atoms with Crippen molar-refractivity contribution in [2.24, 2.45) is 10.8 Å². The van der Waals surface area contributed by atoms with Crippen LogP contribution in [0.15, 0.2) is 60.7 Å². The van der Waals surface area contributed by atoms with Crippen molar-refractivity contribution in [1.82, 2.24) is 20.9 Å². The summed E-state index contributed by atoms with van der Waals surface area (Å²) in [5.74, 6) is -1.30. The maximum Gasteiger partial charge on any atom is 0.254 e. The van der Waals surface area contributed by atoms with Crippen LogP contribution in [0.3, 0.4) is 0 Å². The summed E-state index contributed by atoms with van der Waals surface area (Å²) in [5, 5.41) is 17.3. The number of rotatable bonds is 16. The van der Waals surface area contributed by atoms with Gasteiger partial charge in [-0.2, -0.15) is 5.26 Å². The first-order valence-corrected chi connectivity index (χ1v) is 21.5. The van der Waals surface area contributed by atoms with Crippen molar-refractivity contribution in [3.05, 3.63) is 83.2 Å². The molecular formula is C47H57FN6O9. The highest BCUT2D eigenvalue weighted by Crippen LogP contribution is 2.55. The molecule has 3 aromatic rings. The number of nitrogens with one attached hydrogen (secondary N) is 3. The average Bonchev–Trinajstić information content (AvgIpc) is 3.25. The predicted octanol–water partition coefficient (Wildman–Crippen LogP) is 4.62. The fourth-order valence-corrected chi connectivity index (χ4v) is 9.71. The van der Waals surface area contributed by atoms with E-state index in [9.17, 15) is 24.4 Å². The average molecular weight is 869 g/mol. The van der Waals surface area contributed by atoms with Crippen molar-refractivity contribution in [3.8, 4) is 23.3 Å². The quantitative estimate of drug-likeness (QED) is 0.171. The summed E-state index contributed by atoms with van der Waals surface area (Å²) in [4.78, 5) is 54.4. The van der Waals surface area contributed by atoms with Gasteiger partial charge in [0.05, 0.1) is 37.6 Å². The van der Waals surface area contributed by atoms with Gasteiger partial charge in [-0.3, -0.25) is 29.4 Å². The molecule has 7 rings (SSSR count). The lowest BCUT2D eigenvalue weighted by atomic mass is 9.49. The highest BCUT2D eigenvalue weighted by molar-refractivity contribution is 6.03. The zero-order chi connectivity index (χ0) is 45.1. The monoisotopic (exact) mass is 868 g/mol. The molecule has 4 aliphatic rings. The number of amides is 4. The molecule has 2 atom stereocenters. The molecule has 16 heteroatoms. The second kappa shape index (κ2) is 18.9. The van der Waals surface area contributed by atoms with Gasteiger partial charge in [0.15, 0.2) is 0 Å². The molecule has 15 nitrogen and oxygen atoms in total. The fraction of sp³-hybridized carbons (Fsp3) is 0.511. The van der Waals surface area contributed by atoms with Crippen LogP contribution in [0.2, 0.25) is 0 Å². The van der Waals surface area contributed by atoms with Crippen molar-refractivity contribution in [3.63, 3.8) is 0 Å². The third-order valence-corrected chi connectivity index (χ3v) is 12.9. The number of hydrogen-bond acceptors (Lipinski definition) is 12. The van der Waals surface area contributed by atoms with Crippen LogP contribution in [-0.4, -0.2) is 119 Å². The number of nitrogens with zero attached hydrogens (tertiary/aromatic N) is 3. The molecule has 0 bridgehead atoms. The first kappa shape index (κ1) is 45.3.